The Morgan fingerprint density at radius 2 is 2.33 bits per heavy atom. The van der Waals surface area contributed by atoms with E-state index in [0.29, 0.717) is 0 Å². The second-order valence-corrected chi connectivity index (χ2v) is 2.23. The Morgan fingerprint density at radius 3 is 2.67 bits per heavy atom. The van der Waals surface area contributed by atoms with Crippen LogP contribution in [0.2, 0.25) is 0 Å². The van der Waals surface area contributed by atoms with E-state index in [9.17, 15) is 4.79 Å². The zero-order valence-electron chi connectivity index (χ0n) is 6.11. The zero-order chi connectivity index (χ0) is 7.28. The summed E-state index contributed by atoms with van der Waals surface area (Å²) in [7, 11) is 3.29. The molecule has 0 heterocycles. The van der Waals surface area contributed by atoms with E-state index in [1.165, 1.54) is 0 Å². The van der Waals surface area contributed by atoms with E-state index in [4.69, 9.17) is 0 Å². The van der Waals surface area contributed by atoms with Gasteiger partial charge in [0.15, 0.2) is 0 Å². The lowest BCUT2D eigenvalue weighted by molar-refractivity contribution is -0.123. The maximum absolute atomic E-state index is 10.7. The molecule has 0 aromatic carbocycles. The fourth-order valence-electron chi connectivity index (χ4n) is 0.738. The molecule has 9 heavy (non-hydrogen) atoms. The van der Waals surface area contributed by atoms with E-state index in [1.807, 2.05) is 6.92 Å². The van der Waals surface area contributed by atoms with Crippen LogP contribution in [0.3, 0.4) is 0 Å². The van der Waals surface area contributed by atoms with Crippen molar-refractivity contribution < 1.29 is 4.79 Å². The molecule has 0 bridgehead atoms. The van der Waals surface area contributed by atoms with E-state index >= 15 is 0 Å². The molecular formula is C7H14NO. The smallest absolute Gasteiger partial charge is 0.222 e. The second-order valence-electron chi connectivity index (χ2n) is 2.23. The summed E-state index contributed by atoms with van der Waals surface area (Å²) in [5.41, 5.74) is 0. The van der Waals surface area contributed by atoms with Crippen LogP contribution in [0.25, 0.3) is 0 Å². The number of rotatable bonds is 3. The van der Waals surface area contributed by atoms with Crippen LogP contribution in [0.5, 0.6) is 0 Å². The van der Waals surface area contributed by atoms with Crippen LogP contribution in [-0.4, -0.2) is 5.91 Å². The molecule has 0 aromatic rings. The molecule has 0 aliphatic carbocycles. The van der Waals surface area contributed by atoms with E-state index in [2.05, 4.69) is 19.3 Å². The van der Waals surface area contributed by atoms with Gasteiger partial charge in [0.2, 0.25) is 5.91 Å². The van der Waals surface area contributed by atoms with Gasteiger partial charge in [0, 0.05) is 13.0 Å². The normalized spacial score (nSPS) is 12.8. The zero-order valence-corrected chi connectivity index (χ0v) is 6.11. The van der Waals surface area contributed by atoms with E-state index in [-0.39, 0.29) is 11.8 Å². The minimum Gasteiger partial charge on any atom is -0.354 e. The monoisotopic (exact) mass is 128 g/mol. The van der Waals surface area contributed by atoms with Crippen molar-refractivity contribution >= 4 is 5.91 Å². The molecule has 1 unspecified atom stereocenters. The standard InChI is InChI=1S/C7H14NO/c1-4-5-6(2)7(9)8-3/h6H,3-5H2,1-2H3,(H,8,9). The number of carbonyl (C=O) groups is 1. The van der Waals surface area contributed by atoms with Crippen molar-refractivity contribution in [2.24, 2.45) is 5.92 Å². The molecule has 1 N–H and O–H groups in total. The molecule has 0 saturated heterocycles. The molecule has 1 radical (unpaired) electrons. The van der Waals surface area contributed by atoms with Gasteiger partial charge in [-0.25, -0.2) is 0 Å². The highest BCUT2D eigenvalue weighted by Gasteiger charge is 2.07. The van der Waals surface area contributed by atoms with Gasteiger partial charge in [0.1, 0.15) is 0 Å². The average Bonchev–Trinajstić information content (AvgIpc) is 1.87. The van der Waals surface area contributed by atoms with Gasteiger partial charge in [-0.1, -0.05) is 20.3 Å². The van der Waals surface area contributed by atoms with Gasteiger partial charge in [-0.15, -0.1) is 0 Å². The van der Waals surface area contributed by atoms with Gasteiger partial charge >= 0.3 is 0 Å². The predicted molar refractivity (Wildman–Crippen MR) is 37.6 cm³/mol. The van der Waals surface area contributed by atoms with Crippen LogP contribution in [0.15, 0.2) is 0 Å². The van der Waals surface area contributed by atoms with Crippen molar-refractivity contribution in [3.63, 3.8) is 0 Å². The van der Waals surface area contributed by atoms with Crippen molar-refractivity contribution in [2.75, 3.05) is 0 Å². The third kappa shape index (κ3) is 3.12. The van der Waals surface area contributed by atoms with Crippen molar-refractivity contribution in [3.8, 4) is 0 Å². The molecule has 0 rings (SSSR count). The first kappa shape index (κ1) is 8.47. The van der Waals surface area contributed by atoms with Crippen molar-refractivity contribution in [3.05, 3.63) is 7.05 Å². The molecule has 0 saturated carbocycles. The summed E-state index contributed by atoms with van der Waals surface area (Å²) in [6.07, 6.45) is 2.00. The van der Waals surface area contributed by atoms with Crippen molar-refractivity contribution in [1.29, 1.82) is 0 Å². The maximum atomic E-state index is 10.7. The molecular weight excluding hydrogens is 114 g/mol. The van der Waals surface area contributed by atoms with E-state index in [1.54, 1.807) is 0 Å². The quantitative estimate of drug-likeness (QED) is 0.610. The molecule has 0 aliphatic rings. The average molecular weight is 128 g/mol. The highest BCUT2D eigenvalue weighted by atomic mass is 16.1. The molecule has 53 valence electrons. The second kappa shape index (κ2) is 4.36. The van der Waals surface area contributed by atoms with Crippen LogP contribution in [0, 0.1) is 13.0 Å². The van der Waals surface area contributed by atoms with Crippen LogP contribution in [0.4, 0.5) is 0 Å². The van der Waals surface area contributed by atoms with Gasteiger partial charge in [-0.2, -0.15) is 0 Å². The molecule has 1 atom stereocenters. The van der Waals surface area contributed by atoms with Gasteiger partial charge in [0.05, 0.1) is 0 Å². The Labute approximate surface area is 56.6 Å². The molecule has 1 amide bonds. The van der Waals surface area contributed by atoms with Crippen LogP contribution < -0.4 is 5.32 Å². The van der Waals surface area contributed by atoms with E-state index in [0.717, 1.165) is 12.8 Å². The van der Waals surface area contributed by atoms with Crippen LogP contribution in [0.1, 0.15) is 26.7 Å². The lowest BCUT2D eigenvalue weighted by Gasteiger charge is -2.05. The van der Waals surface area contributed by atoms with Gasteiger partial charge in [-0.05, 0) is 6.42 Å². The number of hydrogen-bond acceptors (Lipinski definition) is 1. The lowest BCUT2D eigenvalue weighted by Crippen LogP contribution is -2.23. The Morgan fingerprint density at radius 1 is 1.78 bits per heavy atom. The van der Waals surface area contributed by atoms with Crippen molar-refractivity contribution in [1.82, 2.24) is 5.32 Å². The molecule has 0 spiro atoms. The molecule has 2 heteroatoms. The number of hydrogen-bond donors (Lipinski definition) is 1. The van der Waals surface area contributed by atoms with Crippen molar-refractivity contribution in [2.45, 2.75) is 26.7 Å². The van der Waals surface area contributed by atoms with Gasteiger partial charge in [-0.3, -0.25) is 4.79 Å². The molecule has 0 fully saturated rings. The summed E-state index contributed by atoms with van der Waals surface area (Å²) in [6.45, 7) is 3.97. The molecule has 2 nitrogen and oxygen atoms in total. The summed E-state index contributed by atoms with van der Waals surface area (Å²) in [5.74, 6) is 0.157. The third-order valence-electron chi connectivity index (χ3n) is 1.34. The highest BCUT2D eigenvalue weighted by molar-refractivity contribution is 5.78. The fourth-order valence-corrected chi connectivity index (χ4v) is 0.738. The summed E-state index contributed by atoms with van der Waals surface area (Å²) in [4.78, 5) is 10.7. The SMILES string of the molecule is [CH2]NC(=O)C(C)CCC. The number of carbonyl (C=O) groups excluding carboxylic acids is 1. The first-order valence-electron chi connectivity index (χ1n) is 3.29. The summed E-state index contributed by atoms with van der Waals surface area (Å²) < 4.78 is 0. The third-order valence-corrected chi connectivity index (χ3v) is 1.34. The molecule has 0 aromatic heterocycles. The van der Waals surface area contributed by atoms with E-state index < -0.39 is 0 Å². The van der Waals surface area contributed by atoms with Crippen LogP contribution in [-0.2, 0) is 4.79 Å². The Hall–Kier alpha value is -0.530. The largest absolute Gasteiger partial charge is 0.354 e. The maximum Gasteiger partial charge on any atom is 0.222 e. The van der Waals surface area contributed by atoms with Crippen LogP contribution >= 0.6 is 0 Å². The highest BCUT2D eigenvalue weighted by Crippen LogP contribution is 2.03. The van der Waals surface area contributed by atoms with Gasteiger partial charge in [0.25, 0.3) is 0 Å². The first-order chi connectivity index (χ1) is 4.22. The Bertz CT molecular complexity index is 90.9. The minimum atomic E-state index is 0.0388. The Kier molecular flexibility index (Phi) is 4.10. The predicted octanol–water partition coefficient (Wildman–Crippen LogP) is 1.33. The Balaban J connectivity index is 3.45. The summed E-state index contributed by atoms with van der Waals surface area (Å²) in [6, 6.07) is 0. The summed E-state index contributed by atoms with van der Waals surface area (Å²) in [5, 5.41) is 2.36. The summed E-state index contributed by atoms with van der Waals surface area (Å²) >= 11 is 0. The number of nitrogens with one attached hydrogen (secondary N) is 1. The first-order valence-corrected chi connectivity index (χ1v) is 3.29. The topological polar surface area (TPSA) is 29.1 Å². The molecule has 0 aliphatic heterocycles. The fraction of sp³-hybridized carbons (Fsp3) is 0.714. The minimum absolute atomic E-state index is 0.0388. The lowest BCUT2D eigenvalue weighted by atomic mass is 10.1. The number of amides is 1. The van der Waals surface area contributed by atoms with Gasteiger partial charge < -0.3 is 5.32 Å².